The highest BCUT2D eigenvalue weighted by molar-refractivity contribution is 6.32. The number of pyridine rings is 2. The van der Waals surface area contributed by atoms with E-state index in [1.165, 1.54) is 32.6 Å². The van der Waals surface area contributed by atoms with E-state index in [4.69, 9.17) is 27.9 Å². The van der Waals surface area contributed by atoms with Crippen LogP contribution >= 0.6 is 23.2 Å². The van der Waals surface area contributed by atoms with Gasteiger partial charge in [-0.1, -0.05) is 23.2 Å². The second-order valence-corrected chi connectivity index (χ2v) is 4.73. The van der Waals surface area contributed by atoms with Gasteiger partial charge in [0.15, 0.2) is 11.6 Å². The molecule has 2 N–H and O–H groups in total. The van der Waals surface area contributed by atoms with Gasteiger partial charge in [-0.2, -0.15) is 0 Å². The Morgan fingerprint density at radius 3 is 2.76 bits per heavy atom. The van der Waals surface area contributed by atoms with Crippen molar-refractivity contribution in [3.05, 3.63) is 40.3 Å². The highest BCUT2D eigenvalue weighted by Gasteiger charge is 2.15. The number of carbonyl (C=O) groups is 1. The van der Waals surface area contributed by atoms with Crippen molar-refractivity contribution in [1.29, 1.82) is 0 Å². The van der Waals surface area contributed by atoms with Gasteiger partial charge in [0, 0.05) is 19.4 Å². The van der Waals surface area contributed by atoms with Gasteiger partial charge in [-0.3, -0.25) is 4.79 Å². The Kier molecular flexibility index (Phi) is 4.82. The maximum absolute atomic E-state index is 11.8. The van der Waals surface area contributed by atoms with Crippen molar-refractivity contribution in [1.82, 2.24) is 15.3 Å². The summed E-state index contributed by atoms with van der Waals surface area (Å²) in [5.74, 6) is 0.440. The Morgan fingerprint density at radius 1 is 1.33 bits per heavy atom. The molecule has 2 heterocycles. The van der Waals surface area contributed by atoms with Crippen LogP contribution in [0.25, 0.3) is 0 Å². The van der Waals surface area contributed by atoms with Crippen molar-refractivity contribution in [3.8, 4) is 5.75 Å². The molecule has 0 radical (unpaired) electrons. The molecule has 0 aliphatic heterocycles. The third-order valence-corrected chi connectivity index (χ3v) is 3.16. The number of hydrogen-bond donors (Lipinski definition) is 2. The maximum atomic E-state index is 11.8. The van der Waals surface area contributed by atoms with E-state index in [1.54, 1.807) is 6.07 Å². The summed E-state index contributed by atoms with van der Waals surface area (Å²) >= 11 is 11.9. The summed E-state index contributed by atoms with van der Waals surface area (Å²) in [7, 11) is 3.01. The number of hydrogen-bond acceptors (Lipinski definition) is 5. The van der Waals surface area contributed by atoms with E-state index in [9.17, 15) is 4.79 Å². The van der Waals surface area contributed by atoms with Gasteiger partial charge in [0.2, 0.25) is 0 Å². The van der Waals surface area contributed by atoms with Gasteiger partial charge in [0.1, 0.15) is 5.15 Å². The molecule has 0 aliphatic carbocycles. The highest BCUT2D eigenvalue weighted by atomic mass is 35.5. The molecule has 6 nitrogen and oxygen atoms in total. The van der Waals surface area contributed by atoms with E-state index in [0.29, 0.717) is 27.8 Å². The molecule has 0 aromatic carbocycles. The zero-order chi connectivity index (χ0) is 15.4. The van der Waals surface area contributed by atoms with E-state index in [-0.39, 0.29) is 11.1 Å². The minimum absolute atomic E-state index is 0.242. The number of carbonyl (C=O) groups excluding carboxylic acids is 1. The second kappa shape index (κ2) is 6.60. The van der Waals surface area contributed by atoms with Gasteiger partial charge < -0.3 is 15.4 Å². The third-order valence-electron chi connectivity index (χ3n) is 2.66. The standard InChI is InChI=1S/C13H12Cl2N4O2/c1-16-13(20)7-6-18-10(15)5-9(7)19-12-11(21-2)8(14)3-4-17-12/h3-6H,1-2H3,(H,16,20)(H,17,18,19). The van der Waals surface area contributed by atoms with Crippen LogP contribution in [0.4, 0.5) is 11.5 Å². The number of ether oxygens (including phenoxy) is 1. The highest BCUT2D eigenvalue weighted by Crippen LogP contribution is 2.33. The Balaban J connectivity index is 2.46. The van der Waals surface area contributed by atoms with Crippen LogP contribution in [0, 0.1) is 0 Å². The van der Waals surface area contributed by atoms with Crippen molar-refractivity contribution < 1.29 is 9.53 Å². The molecule has 0 spiro atoms. The first kappa shape index (κ1) is 15.3. The molecule has 1 amide bonds. The monoisotopic (exact) mass is 326 g/mol. The van der Waals surface area contributed by atoms with Crippen LogP contribution in [-0.4, -0.2) is 30.0 Å². The number of halogens is 2. The predicted molar refractivity (Wildman–Crippen MR) is 81.7 cm³/mol. The van der Waals surface area contributed by atoms with Crippen molar-refractivity contribution >= 4 is 40.6 Å². The number of methoxy groups -OCH3 is 1. The second-order valence-electron chi connectivity index (χ2n) is 3.93. The molecule has 2 aromatic rings. The molecule has 8 heteroatoms. The molecule has 0 atom stereocenters. The van der Waals surface area contributed by atoms with Crippen LogP contribution in [0.2, 0.25) is 10.2 Å². The van der Waals surface area contributed by atoms with E-state index in [1.807, 2.05) is 0 Å². The van der Waals surface area contributed by atoms with Gasteiger partial charge in [0.05, 0.1) is 23.4 Å². The van der Waals surface area contributed by atoms with E-state index >= 15 is 0 Å². The maximum Gasteiger partial charge on any atom is 0.254 e. The normalized spacial score (nSPS) is 10.1. The first-order chi connectivity index (χ1) is 10.1. The fourth-order valence-corrected chi connectivity index (χ4v) is 2.07. The van der Waals surface area contributed by atoms with Crippen LogP contribution < -0.4 is 15.4 Å². The van der Waals surface area contributed by atoms with Crippen LogP contribution in [0.1, 0.15) is 10.4 Å². The van der Waals surface area contributed by atoms with Gasteiger partial charge in [-0.15, -0.1) is 0 Å². The van der Waals surface area contributed by atoms with Crippen LogP contribution in [-0.2, 0) is 0 Å². The summed E-state index contributed by atoms with van der Waals surface area (Å²) in [6.07, 6.45) is 2.90. The molecule has 0 fully saturated rings. The molecule has 0 aliphatic rings. The summed E-state index contributed by atoms with van der Waals surface area (Å²) in [6.45, 7) is 0. The Bertz CT molecular complexity index is 679. The molecule has 110 valence electrons. The molecule has 0 unspecified atom stereocenters. The number of amides is 1. The van der Waals surface area contributed by atoms with Crippen molar-refractivity contribution in [3.63, 3.8) is 0 Å². The van der Waals surface area contributed by atoms with Gasteiger partial charge in [0.25, 0.3) is 5.91 Å². The van der Waals surface area contributed by atoms with E-state index in [2.05, 4.69) is 20.6 Å². The van der Waals surface area contributed by atoms with E-state index < -0.39 is 0 Å². The van der Waals surface area contributed by atoms with Gasteiger partial charge >= 0.3 is 0 Å². The summed E-state index contributed by atoms with van der Waals surface area (Å²) < 4.78 is 5.20. The number of nitrogens with one attached hydrogen (secondary N) is 2. The third kappa shape index (κ3) is 3.34. The first-order valence-electron chi connectivity index (χ1n) is 5.90. The summed E-state index contributed by atoms with van der Waals surface area (Å²) in [5.41, 5.74) is 0.771. The zero-order valence-corrected chi connectivity index (χ0v) is 12.8. The summed E-state index contributed by atoms with van der Waals surface area (Å²) in [4.78, 5) is 19.9. The lowest BCUT2D eigenvalue weighted by Gasteiger charge is -2.13. The molecule has 2 rings (SSSR count). The lowest BCUT2D eigenvalue weighted by atomic mass is 10.2. The van der Waals surface area contributed by atoms with Crippen LogP contribution in [0.3, 0.4) is 0 Å². The van der Waals surface area contributed by atoms with Gasteiger partial charge in [-0.25, -0.2) is 9.97 Å². The lowest BCUT2D eigenvalue weighted by molar-refractivity contribution is 0.0963. The smallest absolute Gasteiger partial charge is 0.254 e. The summed E-state index contributed by atoms with van der Waals surface area (Å²) in [6, 6.07) is 3.12. The average molecular weight is 327 g/mol. The average Bonchev–Trinajstić information content (AvgIpc) is 2.47. The van der Waals surface area contributed by atoms with Crippen LogP contribution in [0.15, 0.2) is 24.5 Å². The number of aromatic nitrogens is 2. The lowest BCUT2D eigenvalue weighted by Crippen LogP contribution is -2.19. The summed E-state index contributed by atoms with van der Waals surface area (Å²) in [5, 5.41) is 6.15. The predicted octanol–water partition coefficient (Wildman–Crippen LogP) is 2.90. The van der Waals surface area contributed by atoms with Gasteiger partial charge in [-0.05, 0) is 12.1 Å². The number of rotatable bonds is 4. The van der Waals surface area contributed by atoms with Crippen LogP contribution in [0.5, 0.6) is 5.75 Å². The number of anilines is 2. The molecular formula is C13H12Cl2N4O2. The molecular weight excluding hydrogens is 315 g/mol. The molecule has 0 bridgehead atoms. The zero-order valence-electron chi connectivity index (χ0n) is 11.3. The Hall–Kier alpha value is -2.05. The minimum Gasteiger partial charge on any atom is -0.491 e. The minimum atomic E-state index is -0.303. The SMILES string of the molecule is CNC(=O)c1cnc(Cl)cc1Nc1nccc(Cl)c1OC. The quantitative estimate of drug-likeness (QED) is 0.845. The van der Waals surface area contributed by atoms with Crippen molar-refractivity contribution in [2.45, 2.75) is 0 Å². The fourth-order valence-electron chi connectivity index (χ4n) is 1.68. The number of nitrogens with zero attached hydrogens (tertiary/aromatic N) is 2. The largest absolute Gasteiger partial charge is 0.491 e. The first-order valence-corrected chi connectivity index (χ1v) is 6.65. The van der Waals surface area contributed by atoms with E-state index in [0.717, 1.165) is 0 Å². The molecule has 0 saturated heterocycles. The Labute approximate surface area is 131 Å². The molecule has 0 saturated carbocycles. The topological polar surface area (TPSA) is 76.1 Å². The van der Waals surface area contributed by atoms with Crippen molar-refractivity contribution in [2.75, 3.05) is 19.5 Å². The molecule has 21 heavy (non-hydrogen) atoms. The molecule has 2 aromatic heterocycles. The Morgan fingerprint density at radius 2 is 2.10 bits per heavy atom. The fraction of sp³-hybridized carbons (Fsp3) is 0.154. The van der Waals surface area contributed by atoms with Crippen molar-refractivity contribution in [2.24, 2.45) is 0 Å².